The molecule has 0 aromatic carbocycles. The van der Waals surface area contributed by atoms with Gasteiger partial charge in [0.25, 0.3) is 5.91 Å². The minimum atomic E-state index is -1.69. The van der Waals surface area contributed by atoms with Gasteiger partial charge in [-0.15, -0.1) is 0 Å². The summed E-state index contributed by atoms with van der Waals surface area (Å²) in [5, 5.41) is 27.0. The molecule has 1 aromatic rings. The lowest BCUT2D eigenvalue weighted by Crippen LogP contribution is -2.67. The van der Waals surface area contributed by atoms with Crippen LogP contribution in [0.4, 0.5) is 15.0 Å². The van der Waals surface area contributed by atoms with Crippen molar-refractivity contribution in [1.29, 1.82) is 0 Å². The number of nitrogens with one attached hydrogen (secondary N) is 2. The van der Waals surface area contributed by atoms with E-state index in [0.717, 1.165) is 0 Å². The minimum absolute atomic E-state index is 0.221. The fourth-order valence-corrected chi connectivity index (χ4v) is 2.26. The van der Waals surface area contributed by atoms with Crippen molar-refractivity contribution >= 4 is 17.8 Å². The molecule has 1 aromatic heterocycles. The summed E-state index contributed by atoms with van der Waals surface area (Å²) in [6.07, 6.45) is -3.23. The molecule has 1 aliphatic carbocycles. The van der Waals surface area contributed by atoms with Crippen molar-refractivity contribution in [3.05, 3.63) is 12.3 Å². The van der Waals surface area contributed by atoms with Crippen LogP contribution in [0.5, 0.6) is 0 Å². The number of nitrogens with zero attached hydrogens (tertiary/aromatic N) is 2. The molecule has 4 N–H and O–H groups in total. The van der Waals surface area contributed by atoms with Crippen molar-refractivity contribution in [2.75, 3.05) is 5.32 Å². The van der Waals surface area contributed by atoms with Crippen LogP contribution in [0.3, 0.4) is 0 Å². The quantitative estimate of drug-likeness (QED) is 0.614. The summed E-state index contributed by atoms with van der Waals surface area (Å²) in [5.74, 6) is -0.609. The molecular formula is C11H15FN4O4. The smallest absolute Gasteiger partial charge is 0.405 e. The van der Waals surface area contributed by atoms with Gasteiger partial charge in [-0.05, 0) is 0 Å². The summed E-state index contributed by atoms with van der Waals surface area (Å²) in [5.41, 5.74) is -1.48. The highest BCUT2D eigenvalue weighted by Crippen LogP contribution is 2.38. The van der Waals surface area contributed by atoms with E-state index in [0.29, 0.717) is 0 Å². The van der Waals surface area contributed by atoms with Crippen LogP contribution in [0, 0.1) is 0 Å². The van der Waals surface area contributed by atoms with E-state index in [1.807, 2.05) is 5.32 Å². The molecule has 0 aliphatic heterocycles. The number of alkyl halides is 1. The highest BCUT2D eigenvalue weighted by molar-refractivity contribution is 5.94. The maximum Gasteiger partial charge on any atom is 0.405 e. The second-order valence-corrected chi connectivity index (χ2v) is 4.86. The molecule has 0 saturated heterocycles. The number of carbonyl (C=O) groups excluding carboxylic acids is 1. The van der Waals surface area contributed by atoms with Gasteiger partial charge >= 0.3 is 6.09 Å². The number of aliphatic hydroxyl groups is 1. The van der Waals surface area contributed by atoms with Crippen LogP contribution < -0.4 is 10.6 Å². The van der Waals surface area contributed by atoms with E-state index in [2.05, 4.69) is 10.4 Å². The average Bonchev–Trinajstić information content (AvgIpc) is 2.70. The van der Waals surface area contributed by atoms with Gasteiger partial charge in [0.2, 0.25) is 0 Å². The number of carboxylic acid groups (broad SMARTS) is 1. The Morgan fingerprint density at radius 2 is 2.25 bits per heavy atom. The molecule has 2 rings (SSSR count). The monoisotopic (exact) mass is 286 g/mol. The van der Waals surface area contributed by atoms with Crippen molar-refractivity contribution in [2.24, 2.45) is 7.05 Å². The summed E-state index contributed by atoms with van der Waals surface area (Å²) in [6.45, 7) is 0. The van der Waals surface area contributed by atoms with E-state index in [4.69, 9.17) is 5.11 Å². The Labute approximate surface area is 113 Å². The molecule has 8 nitrogen and oxygen atoms in total. The number of aliphatic hydroxyl groups excluding tert-OH is 1. The fourth-order valence-electron chi connectivity index (χ4n) is 2.26. The van der Waals surface area contributed by atoms with Gasteiger partial charge in [0.15, 0.2) is 11.9 Å². The number of aromatic nitrogens is 2. The number of aryl methyl sites for hydroxylation is 1. The first-order valence-electron chi connectivity index (χ1n) is 5.96. The highest BCUT2D eigenvalue weighted by Gasteiger charge is 2.53. The van der Waals surface area contributed by atoms with Crippen LogP contribution >= 0.6 is 0 Å². The van der Waals surface area contributed by atoms with Crippen LogP contribution in [-0.4, -0.2) is 49.8 Å². The topological polar surface area (TPSA) is 116 Å². The molecule has 1 heterocycles. The Hall–Kier alpha value is -2.16. The van der Waals surface area contributed by atoms with Gasteiger partial charge in [-0.3, -0.25) is 9.48 Å². The van der Waals surface area contributed by atoms with E-state index in [1.165, 1.54) is 10.7 Å². The molecule has 1 unspecified atom stereocenters. The maximum atomic E-state index is 13.0. The zero-order valence-corrected chi connectivity index (χ0v) is 10.7. The average molecular weight is 286 g/mol. The van der Waals surface area contributed by atoms with Crippen LogP contribution in [0.25, 0.3) is 0 Å². The third-order valence-corrected chi connectivity index (χ3v) is 3.26. The molecule has 2 amide bonds. The molecular weight excluding hydrogens is 271 g/mol. The zero-order chi connectivity index (χ0) is 14.9. The Morgan fingerprint density at radius 3 is 2.70 bits per heavy atom. The summed E-state index contributed by atoms with van der Waals surface area (Å²) in [6, 6.07) is 1.51. The molecule has 0 bridgehead atoms. The van der Waals surface area contributed by atoms with E-state index in [1.54, 1.807) is 13.2 Å². The van der Waals surface area contributed by atoms with Crippen molar-refractivity contribution in [2.45, 2.75) is 30.7 Å². The number of amides is 2. The lowest BCUT2D eigenvalue weighted by Gasteiger charge is -2.46. The number of hydrogen-bond acceptors (Lipinski definition) is 4. The van der Waals surface area contributed by atoms with Crippen molar-refractivity contribution in [3.63, 3.8) is 0 Å². The number of rotatable bonds is 4. The summed E-state index contributed by atoms with van der Waals surface area (Å²) < 4.78 is 14.5. The molecule has 110 valence electrons. The molecule has 1 atom stereocenters. The zero-order valence-electron chi connectivity index (χ0n) is 10.7. The largest absolute Gasteiger partial charge is 0.465 e. The standard InChI is InChI=1S/C11H15FN4O4/c1-16-3-2-7(15-16)13-9(18)8(17)11(14-10(19)20)4-6(12)5-11/h2-3,6,8,14,17H,4-5H2,1H3,(H,19,20)(H,13,15,18). The van der Waals surface area contributed by atoms with Gasteiger partial charge in [-0.1, -0.05) is 0 Å². The maximum absolute atomic E-state index is 13.0. The highest BCUT2D eigenvalue weighted by atomic mass is 19.1. The molecule has 0 spiro atoms. The second-order valence-electron chi connectivity index (χ2n) is 4.86. The molecule has 1 aliphatic rings. The van der Waals surface area contributed by atoms with Gasteiger partial charge in [0.1, 0.15) is 6.17 Å². The number of hydrogen-bond donors (Lipinski definition) is 4. The second kappa shape index (κ2) is 5.08. The summed E-state index contributed by atoms with van der Waals surface area (Å²) in [7, 11) is 1.65. The van der Waals surface area contributed by atoms with Crippen molar-refractivity contribution in [1.82, 2.24) is 15.1 Å². The van der Waals surface area contributed by atoms with Gasteiger partial charge < -0.3 is 20.8 Å². The van der Waals surface area contributed by atoms with Crippen molar-refractivity contribution in [3.8, 4) is 0 Å². The van der Waals surface area contributed by atoms with Crippen molar-refractivity contribution < 1.29 is 24.2 Å². The first-order valence-corrected chi connectivity index (χ1v) is 5.96. The number of halogens is 1. The van der Waals surface area contributed by atoms with Crippen LogP contribution in [0.15, 0.2) is 12.3 Å². The Kier molecular flexibility index (Phi) is 3.62. The summed E-state index contributed by atoms with van der Waals surface area (Å²) >= 11 is 0. The van der Waals surface area contributed by atoms with Crippen LogP contribution in [0.1, 0.15) is 12.8 Å². The molecule has 1 fully saturated rings. The van der Waals surface area contributed by atoms with E-state index in [9.17, 15) is 19.1 Å². The van der Waals surface area contributed by atoms with Gasteiger partial charge in [-0.2, -0.15) is 5.10 Å². The predicted molar refractivity (Wildman–Crippen MR) is 65.9 cm³/mol. The minimum Gasteiger partial charge on any atom is -0.465 e. The SMILES string of the molecule is Cn1ccc(NC(=O)C(O)C2(NC(=O)O)CC(F)C2)n1. The third-order valence-electron chi connectivity index (χ3n) is 3.26. The molecule has 1 saturated carbocycles. The number of carbonyl (C=O) groups is 2. The predicted octanol–water partition coefficient (Wildman–Crippen LogP) is -0.142. The number of anilines is 1. The lowest BCUT2D eigenvalue weighted by molar-refractivity contribution is -0.133. The normalized spacial score (nSPS) is 26.4. The molecule has 0 radical (unpaired) electrons. The van der Waals surface area contributed by atoms with Gasteiger partial charge in [0, 0.05) is 32.2 Å². The Morgan fingerprint density at radius 1 is 1.60 bits per heavy atom. The fraction of sp³-hybridized carbons (Fsp3) is 0.545. The first-order chi connectivity index (χ1) is 9.32. The van der Waals surface area contributed by atoms with Crippen LogP contribution in [0.2, 0.25) is 0 Å². The van der Waals surface area contributed by atoms with Crippen LogP contribution in [-0.2, 0) is 11.8 Å². The third kappa shape index (κ3) is 2.72. The van der Waals surface area contributed by atoms with E-state index in [-0.39, 0.29) is 18.7 Å². The first kappa shape index (κ1) is 14.3. The Balaban J connectivity index is 2.05. The molecule has 20 heavy (non-hydrogen) atoms. The summed E-state index contributed by atoms with van der Waals surface area (Å²) in [4.78, 5) is 22.6. The lowest BCUT2D eigenvalue weighted by atomic mass is 9.71. The van der Waals surface area contributed by atoms with Gasteiger partial charge in [-0.25, -0.2) is 9.18 Å². The van der Waals surface area contributed by atoms with E-state index >= 15 is 0 Å². The Bertz CT molecular complexity index is 526. The molecule has 9 heteroatoms. The van der Waals surface area contributed by atoms with Gasteiger partial charge in [0.05, 0.1) is 5.54 Å². The van der Waals surface area contributed by atoms with E-state index < -0.39 is 29.8 Å².